The van der Waals surface area contributed by atoms with E-state index < -0.39 is 5.97 Å². The van der Waals surface area contributed by atoms with Crippen molar-refractivity contribution in [3.63, 3.8) is 0 Å². The molecule has 0 spiro atoms. The van der Waals surface area contributed by atoms with Gasteiger partial charge in [0.1, 0.15) is 17.2 Å². The molecule has 5 nitrogen and oxygen atoms in total. The minimum Gasteiger partial charge on any atom is -0.478 e. The summed E-state index contributed by atoms with van der Waals surface area (Å²) in [5.74, 6) is -0.0771. The highest BCUT2D eigenvalue weighted by Gasteiger charge is 2.28. The lowest BCUT2D eigenvalue weighted by atomic mass is 9.82. The summed E-state index contributed by atoms with van der Waals surface area (Å²) in [6, 6.07) is 13.2. The normalized spacial score (nSPS) is 12.3. The number of benzene rings is 1. The number of rotatable bonds is 5. The lowest BCUT2D eigenvalue weighted by Gasteiger charge is -2.34. The quantitative estimate of drug-likeness (QED) is 0.641. The molecule has 0 amide bonds. The van der Waals surface area contributed by atoms with Crippen LogP contribution in [0.5, 0.6) is 0 Å². The maximum atomic E-state index is 11.3. The third-order valence-electron chi connectivity index (χ3n) is 4.35. The number of aromatic nitrogens is 2. The van der Waals surface area contributed by atoms with Gasteiger partial charge in [-0.1, -0.05) is 51.1 Å². The van der Waals surface area contributed by atoms with Crippen molar-refractivity contribution in [2.75, 3.05) is 5.32 Å². The predicted molar refractivity (Wildman–Crippen MR) is 109 cm³/mol. The van der Waals surface area contributed by atoms with E-state index in [1.165, 1.54) is 0 Å². The Bertz CT molecular complexity index is 966. The van der Waals surface area contributed by atoms with Crippen LogP contribution in [0, 0.1) is 5.41 Å². The Morgan fingerprint density at radius 2 is 1.78 bits per heavy atom. The second-order valence-corrected chi connectivity index (χ2v) is 8.87. The maximum absolute atomic E-state index is 11.3. The Morgan fingerprint density at radius 3 is 2.37 bits per heavy atom. The van der Waals surface area contributed by atoms with Crippen LogP contribution in [0.25, 0.3) is 16.9 Å². The lowest BCUT2D eigenvalue weighted by Crippen LogP contribution is -2.36. The monoisotopic (exact) mass is 365 g/mol. The molecule has 0 unspecified atom stereocenters. The summed E-state index contributed by atoms with van der Waals surface area (Å²) in [5.41, 5.74) is 2.66. The van der Waals surface area contributed by atoms with Crippen LogP contribution in [-0.2, 0) is 0 Å². The first kappa shape index (κ1) is 19.0. The number of carbonyl (C=O) groups is 1. The molecule has 0 aliphatic heterocycles. The van der Waals surface area contributed by atoms with E-state index >= 15 is 0 Å². The molecule has 142 valence electrons. The Balaban J connectivity index is 2.15. The van der Waals surface area contributed by atoms with E-state index in [0.29, 0.717) is 5.65 Å². The molecule has 3 aromatic rings. The number of hydrogen-bond acceptors (Lipinski definition) is 3. The van der Waals surface area contributed by atoms with Crippen molar-refractivity contribution in [1.29, 1.82) is 0 Å². The number of aromatic carboxylic acids is 1. The SMILES string of the molecule is CC(C)(C)CC(C)(C)Nc1c(-c2ccccc2)nc2cc(C(=O)O)ccn12. The fraction of sp³-hybridized carbons (Fsp3) is 0.364. The molecule has 0 aliphatic carbocycles. The van der Waals surface area contributed by atoms with Gasteiger partial charge in [0, 0.05) is 17.3 Å². The standard InChI is InChI=1S/C22H27N3O2/c1-21(2,3)14-22(4,5)24-19-18(15-9-7-6-8-10-15)23-17-13-16(20(26)27)11-12-25(17)19/h6-13,24H,14H2,1-5H3,(H,26,27). The second kappa shape index (κ2) is 6.72. The number of anilines is 1. The van der Waals surface area contributed by atoms with Crippen LogP contribution in [-0.4, -0.2) is 26.0 Å². The molecule has 3 rings (SSSR count). The summed E-state index contributed by atoms with van der Waals surface area (Å²) in [6.45, 7) is 11.0. The molecule has 2 N–H and O–H groups in total. The third-order valence-corrected chi connectivity index (χ3v) is 4.35. The van der Waals surface area contributed by atoms with Gasteiger partial charge in [0.2, 0.25) is 0 Å². The Labute approximate surface area is 160 Å². The van der Waals surface area contributed by atoms with Gasteiger partial charge in [0.15, 0.2) is 0 Å². The zero-order valence-electron chi connectivity index (χ0n) is 16.6. The molecule has 0 atom stereocenters. The molecule has 0 bridgehead atoms. The van der Waals surface area contributed by atoms with E-state index in [1.54, 1.807) is 18.3 Å². The predicted octanol–water partition coefficient (Wildman–Crippen LogP) is 5.33. The molecule has 0 saturated heterocycles. The highest BCUT2D eigenvalue weighted by Crippen LogP contribution is 2.34. The molecule has 0 fully saturated rings. The lowest BCUT2D eigenvalue weighted by molar-refractivity contribution is 0.0697. The molecular formula is C22H27N3O2. The fourth-order valence-electron chi connectivity index (χ4n) is 3.79. The Kier molecular flexibility index (Phi) is 4.72. The van der Waals surface area contributed by atoms with Gasteiger partial charge in [-0.25, -0.2) is 9.78 Å². The molecule has 2 heterocycles. The van der Waals surface area contributed by atoms with E-state index in [-0.39, 0.29) is 16.5 Å². The topological polar surface area (TPSA) is 66.6 Å². The second-order valence-electron chi connectivity index (χ2n) is 8.87. The summed E-state index contributed by atoms with van der Waals surface area (Å²) < 4.78 is 1.93. The van der Waals surface area contributed by atoms with Crippen molar-refractivity contribution in [3.8, 4) is 11.3 Å². The minimum absolute atomic E-state index is 0.163. The first-order chi connectivity index (χ1) is 12.6. The first-order valence-electron chi connectivity index (χ1n) is 9.15. The van der Waals surface area contributed by atoms with Crippen molar-refractivity contribution in [1.82, 2.24) is 9.38 Å². The largest absolute Gasteiger partial charge is 0.478 e. The van der Waals surface area contributed by atoms with Crippen LogP contribution < -0.4 is 5.32 Å². The molecule has 5 heteroatoms. The summed E-state index contributed by atoms with van der Waals surface area (Å²) in [7, 11) is 0. The molecule has 1 aromatic carbocycles. The van der Waals surface area contributed by atoms with Crippen molar-refractivity contribution in [2.24, 2.45) is 5.41 Å². The summed E-state index contributed by atoms with van der Waals surface area (Å²) >= 11 is 0. The molecule has 0 saturated carbocycles. The molecule has 0 radical (unpaired) electrons. The first-order valence-corrected chi connectivity index (χ1v) is 9.15. The molecule has 27 heavy (non-hydrogen) atoms. The van der Waals surface area contributed by atoms with Crippen molar-refractivity contribution >= 4 is 17.4 Å². The van der Waals surface area contributed by atoms with Gasteiger partial charge in [-0.05, 0) is 37.8 Å². The zero-order chi connectivity index (χ0) is 19.8. The van der Waals surface area contributed by atoms with E-state index in [4.69, 9.17) is 4.98 Å². The van der Waals surface area contributed by atoms with Crippen molar-refractivity contribution in [2.45, 2.75) is 46.6 Å². The van der Waals surface area contributed by atoms with Crippen molar-refractivity contribution < 1.29 is 9.90 Å². The highest BCUT2D eigenvalue weighted by atomic mass is 16.4. The maximum Gasteiger partial charge on any atom is 0.335 e. The van der Waals surface area contributed by atoms with Gasteiger partial charge in [0.05, 0.1) is 5.56 Å². The average Bonchev–Trinajstić information content (AvgIpc) is 2.90. The Morgan fingerprint density at radius 1 is 1.11 bits per heavy atom. The third kappa shape index (κ3) is 4.30. The van der Waals surface area contributed by atoms with E-state index in [2.05, 4.69) is 39.9 Å². The van der Waals surface area contributed by atoms with E-state index in [9.17, 15) is 9.90 Å². The van der Waals surface area contributed by atoms with E-state index in [0.717, 1.165) is 23.5 Å². The van der Waals surface area contributed by atoms with Crippen LogP contribution in [0.2, 0.25) is 0 Å². The number of carboxylic acids is 1. The van der Waals surface area contributed by atoms with Gasteiger partial charge in [-0.2, -0.15) is 0 Å². The van der Waals surface area contributed by atoms with Crippen LogP contribution in [0.4, 0.5) is 5.82 Å². The van der Waals surface area contributed by atoms with Crippen molar-refractivity contribution in [3.05, 3.63) is 54.2 Å². The summed E-state index contributed by atoms with van der Waals surface area (Å²) in [5, 5.41) is 13.0. The summed E-state index contributed by atoms with van der Waals surface area (Å²) in [6.07, 6.45) is 2.74. The highest BCUT2D eigenvalue weighted by molar-refractivity contribution is 5.89. The minimum atomic E-state index is -0.954. The van der Waals surface area contributed by atoms with Crippen LogP contribution in [0.3, 0.4) is 0 Å². The van der Waals surface area contributed by atoms with Crippen LogP contribution >= 0.6 is 0 Å². The molecule has 2 aromatic heterocycles. The van der Waals surface area contributed by atoms with Crippen LogP contribution in [0.15, 0.2) is 48.7 Å². The summed E-state index contributed by atoms with van der Waals surface area (Å²) in [4.78, 5) is 16.1. The van der Waals surface area contributed by atoms with Gasteiger partial charge >= 0.3 is 5.97 Å². The number of nitrogens with zero attached hydrogens (tertiary/aromatic N) is 2. The number of pyridine rings is 1. The smallest absolute Gasteiger partial charge is 0.335 e. The number of fused-ring (bicyclic) bond motifs is 1. The van der Waals surface area contributed by atoms with Gasteiger partial charge in [-0.3, -0.25) is 4.40 Å². The molecular weight excluding hydrogens is 338 g/mol. The number of hydrogen-bond donors (Lipinski definition) is 2. The average molecular weight is 365 g/mol. The number of imidazole rings is 1. The van der Waals surface area contributed by atoms with Gasteiger partial charge < -0.3 is 10.4 Å². The van der Waals surface area contributed by atoms with Gasteiger partial charge in [-0.15, -0.1) is 0 Å². The Hall–Kier alpha value is -2.82. The number of nitrogens with one attached hydrogen (secondary N) is 1. The fourth-order valence-corrected chi connectivity index (χ4v) is 3.79. The van der Waals surface area contributed by atoms with Crippen LogP contribution in [0.1, 0.15) is 51.4 Å². The zero-order valence-corrected chi connectivity index (χ0v) is 16.6. The van der Waals surface area contributed by atoms with Gasteiger partial charge in [0.25, 0.3) is 0 Å². The molecule has 0 aliphatic rings. The number of carboxylic acid groups (broad SMARTS) is 1. The van der Waals surface area contributed by atoms with E-state index in [1.807, 2.05) is 34.7 Å².